The average Bonchev–Trinajstić information content (AvgIpc) is 2.60. The molecule has 2 rings (SSSR count). The van der Waals surface area contributed by atoms with E-state index in [1.165, 1.54) is 5.56 Å². The summed E-state index contributed by atoms with van der Waals surface area (Å²) in [7, 11) is 1.61. The molecule has 0 saturated heterocycles. The topological polar surface area (TPSA) is 74.4 Å². The summed E-state index contributed by atoms with van der Waals surface area (Å²) in [6.07, 6.45) is 0. The van der Waals surface area contributed by atoms with Gasteiger partial charge in [-0.05, 0) is 55.5 Å². The fourth-order valence-electron chi connectivity index (χ4n) is 1.86. The third kappa shape index (κ3) is 5.77. The molecule has 2 aromatic carbocycles. The molecule has 0 atom stereocenters. The Balaban J connectivity index is 1.70. The Labute approximate surface area is 146 Å². The molecule has 4 N–H and O–H groups in total. The zero-order valence-corrected chi connectivity index (χ0v) is 14.4. The Morgan fingerprint density at radius 2 is 1.62 bits per heavy atom. The van der Waals surface area contributed by atoms with E-state index in [0.717, 1.165) is 17.1 Å². The number of carbonyl (C=O) groups is 1. The molecule has 0 spiro atoms. The Morgan fingerprint density at radius 1 is 1.00 bits per heavy atom. The lowest BCUT2D eigenvalue weighted by Gasteiger charge is -2.12. The van der Waals surface area contributed by atoms with E-state index >= 15 is 0 Å². The summed E-state index contributed by atoms with van der Waals surface area (Å²) in [6, 6.07) is 15.1. The summed E-state index contributed by atoms with van der Waals surface area (Å²) in [5.41, 5.74) is 8.03. The van der Waals surface area contributed by atoms with Crippen LogP contribution in [0.1, 0.15) is 5.56 Å². The monoisotopic (exact) mass is 344 g/mol. The average molecular weight is 344 g/mol. The fourth-order valence-corrected chi connectivity index (χ4v) is 2.03. The number of hydrazine groups is 1. The first kappa shape index (κ1) is 17.6. The first-order valence-corrected chi connectivity index (χ1v) is 7.78. The SMILES string of the molecule is COc1ccc(NC(=S)NNC(=O)CNc2ccc(C)cc2)cc1. The third-order valence-corrected chi connectivity index (χ3v) is 3.37. The number of hydrogen-bond acceptors (Lipinski definition) is 4. The van der Waals surface area contributed by atoms with E-state index in [0.29, 0.717) is 5.11 Å². The van der Waals surface area contributed by atoms with Gasteiger partial charge >= 0.3 is 0 Å². The van der Waals surface area contributed by atoms with Crippen molar-refractivity contribution in [2.24, 2.45) is 0 Å². The van der Waals surface area contributed by atoms with Gasteiger partial charge in [-0.3, -0.25) is 15.6 Å². The van der Waals surface area contributed by atoms with Crippen LogP contribution in [0.5, 0.6) is 5.75 Å². The van der Waals surface area contributed by atoms with Gasteiger partial charge in [0.2, 0.25) is 0 Å². The molecule has 24 heavy (non-hydrogen) atoms. The van der Waals surface area contributed by atoms with Gasteiger partial charge in [-0.25, -0.2) is 0 Å². The van der Waals surface area contributed by atoms with Gasteiger partial charge < -0.3 is 15.4 Å². The summed E-state index contributed by atoms with van der Waals surface area (Å²) in [5.74, 6) is 0.532. The molecular formula is C17H20N4O2S. The van der Waals surface area contributed by atoms with E-state index in [1.807, 2.05) is 55.5 Å². The third-order valence-electron chi connectivity index (χ3n) is 3.17. The van der Waals surface area contributed by atoms with Gasteiger partial charge in [-0.1, -0.05) is 17.7 Å². The number of carbonyl (C=O) groups excluding carboxylic acids is 1. The minimum atomic E-state index is -0.227. The van der Waals surface area contributed by atoms with Gasteiger partial charge in [0.1, 0.15) is 5.75 Å². The van der Waals surface area contributed by atoms with Crippen molar-refractivity contribution in [1.82, 2.24) is 10.9 Å². The maximum Gasteiger partial charge on any atom is 0.257 e. The second kappa shape index (κ2) is 8.73. The van der Waals surface area contributed by atoms with E-state index in [9.17, 15) is 4.79 Å². The van der Waals surface area contributed by atoms with Crippen LogP contribution in [0.3, 0.4) is 0 Å². The molecule has 7 heteroatoms. The number of rotatable bonds is 5. The lowest BCUT2D eigenvalue weighted by atomic mass is 10.2. The Hall–Kier alpha value is -2.80. The molecule has 0 saturated carbocycles. The highest BCUT2D eigenvalue weighted by Gasteiger charge is 2.03. The van der Waals surface area contributed by atoms with Crippen molar-refractivity contribution < 1.29 is 9.53 Å². The van der Waals surface area contributed by atoms with E-state index in [-0.39, 0.29) is 12.5 Å². The molecule has 0 radical (unpaired) electrons. The largest absolute Gasteiger partial charge is 0.497 e. The van der Waals surface area contributed by atoms with Crippen molar-refractivity contribution in [3.63, 3.8) is 0 Å². The van der Waals surface area contributed by atoms with Crippen molar-refractivity contribution in [3.8, 4) is 5.75 Å². The first-order chi connectivity index (χ1) is 11.6. The standard InChI is InChI=1S/C17H20N4O2S/c1-12-3-5-13(6-4-12)18-11-16(22)20-21-17(24)19-14-7-9-15(23-2)10-8-14/h3-10,18H,11H2,1-2H3,(H,20,22)(H2,19,21,24). The van der Waals surface area contributed by atoms with Crippen molar-refractivity contribution in [2.45, 2.75) is 6.92 Å². The van der Waals surface area contributed by atoms with Gasteiger partial charge in [0.05, 0.1) is 13.7 Å². The fraction of sp³-hybridized carbons (Fsp3) is 0.176. The number of anilines is 2. The number of ether oxygens (including phenoxy) is 1. The van der Waals surface area contributed by atoms with Crippen LogP contribution in [0, 0.1) is 6.92 Å². The van der Waals surface area contributed by atoms with Crippen LogP contribution in [0.15, 0.2) is 48.5 Å². The minimum Gasteiger partial charge on any atom is -0.497 e. The molecule has 1 amide bonds. The number of amides is 1. The second-order valence-corrected chi connectivity index (χ2v) is 5.48. The number of methoxy groups -OCH3 is 1. The number of hydrogen-bond donors (Lipinski definition) is 4. The van der Waals surface area contributed by atoms with Crippen LogP contribution < -0.4 is 26.2 Å². The lowest BCUT2D eigenvalue weighted by Crippen LogP contribution is -2.45. The minimum absolute atomic E-state index is 0.140. The lowest BCUT2D eigenvalue weighted by molar-refractivity contribution is -0.119. The summed E-state index contributed by atoms with van der Waals surface area (Å²) < 4.78 is 5.08. The normalized spacial score (nSPS) is 9.75. The number of thiocarbonyl (C=S) groups is 1. The molecule has 0 aliphatic heterocycles. The number of aryl methyl sites for hydroxylation is 1. The van der Waals surface area contributed by atoms with Crippen LogP contribution in [-0.4, -0.2) is 24.7 Å². The van der Waals surface area contributed by atoms with Crippen LogP contribution in [0.2, 0.25) is 0 Å². The molecular weight excluding hydrogens is 324 g/mol. The zero-order chi connectivity index (χ0) is 17.4. The summed E-state index contributed by atoms with van der Waals surface area (Å²) in [5, 5.41) is 6.28. The van der Waals surface area contributed by atoms with Gasteiger partial charge in [0, 0.05) is 11.4 Å². The molecule has 2 aromatic rings. The van der Waals surface area contributed by atoms with E-state index in [2.05, 4.69) is 21.5 Å². The molecule has 0 bridgehead atoms. The molecule has 6 nitrogen and oxygen atoms in total. The van der Waals surface area contributed by atoms with E-state index < -0.39 is 0 Å². The first-order valence-electron chi connectivity index (χ1n) is 7.37. The van der Waals surface area contributed by atoms with Gasteiger partial charge in [0.15, 0.2) is 5.11 Å². The van der Waals surface area contributed by atoms with Crippen molar-refractivity contribution >= 4 is 34.6 Å². The van der Waals surface area contributed by atoms with Gasteiger partial charge in [0.25, 0.3) is 5.91 Å². The quantitative estimate of drug-likeness (QED) is 0.493. The summed E-state index contributed by atoms with van der Waals surface area (Å²) in [6.45, 7) is 2.15. The smallest absolute Gasteiger partial charge is 0.257 e. The van der Waals surface area contributed by atoms with Gasteiger partial charge in [-0.2, -0.15) is 0 Å². The van der Waals surface area contributed by atoms with E-state index in [4.69, 9.17) is 17.0 Å². The molecule has 0 aliphatic carbocycles. The Bertz CT molecular complexity index is 687. The van der Waals surface area contributed by atoms with Crippen molar-refractivity contribution in [1.29, 1.82) is 0 Å². The highest BCUT2D eigenvalue weighted by Crippen LogP contribution is 2.14. The Kier molecular flexibility index (Phi) is 6.39. The van der Waals surface area contributed by atoms with Crippen LogP contribution in [0.25, 0.3) is 0 Å². The van der Waals surface area contributed by atoms with E-state index in [1.54, 1.807) is 7.11 Å². The molecule has 0 aliphatic rings. The number of nitrogens with one attached hydrogen (secondary N) is 4. The molecule has 0 fully saturated rings. The highest BCUT2D eigenvalue weighted by atomic mass is 32.1. The zero-order valence-electron chi connectivity index (χ0n) is 13.6. The highest BCUT2D eigenvalue weighted by molar-refractivity contribution is 7.80. The molecule has 0 heterocycles. The van der Waals surface area contributed by atoms with Gasteiger partial charge in [-0.15, -0.1) is 0 Å². The van der Waals surface area contributed by atoms with Crippen LogP contribution in [0.4, 0.5) is 11.4 Å². The maximum absolute atomic E-state index is 11.8. The predicted octanol–water partition coefficient (Wildman–Crippen LogP) is 2.43. The predicted molar refractivity (Wildman–Crippen MR) is 100 cm³/mol. The van der Waals surface area contributed by atoms with Crippen molar-refractivity contribution in [3.05, 3.63) is 54.1 Å². The molecule has 126 valence electrons. The summed E-state index contributed by atoms with van der Waals surface area (Å²) >= 11 is 5.12. The molecule has 0 unspecified atom stereocenters. The molecule has 0 aromatic heterocycles. The summed E-state index contributed by atoms with van der Waals surface area (Å²) in [4.78, 5) is 11.8. The number of benzene rings is 2. The van der Waals surface area contributed by atoms with Crippen LogP contribution in [-0.2, 0) is 4.79 Å². The van der Waals surface area contributed by atoms with Crippen LogP contribution >= 0.6 is 12.2 Å². The van der Waals surface area contributed by atoms with Crippen molar-refractivity contribution in [2.75, 3.05) is 24.3 Å². The second-order valence-electron chi connectivity index (χ2n) is 5.08. The maximum atomic E-state index is 11.8. The Morgan fingerprint density at radius 3 is 2.25 bits per heavy atom.